The van der Waals surface area contributed by atoms with E-state index in [0.717, 1.165) is 11.8 Å². The van der Waals surface area contributed by atoms with Crippen LogP contribution >= 0.6 is 15.9 Å². The summed E-state index contributed by atoms with van der Waals surface area (Å²) in [6.45, 7) is 2.76. The molecule has 0 fully saturated rings. The number of hydrogen-bond acceptors (Lipinski definition) is 2. The van der Waals surface area contributed by atoms with Crippen LogP contribution in [0, 0.1) is 5.92 Å². The summed E-state index contributed by atoms with van der Waals surface area (Å²) in [5.41, 5.74) is 1.79. The molecule has 1 aromatic carbocycles. The zero-order valence-electron chi connectivity index (χ0n) is 11.8. The van der Waals surface area contributed by atoms with E-state index in [2.05, 4.69) is 41.1 Å². The van der Waals surface area contributed by atoms with Gasteiger partial charge in [0.25, 0.3) is 0 Å². The Hall–Kier alpha value is -0.900. The number of halogens is 1. The van der Waals surface area contributed by atoms with Crippen LogP contribution in [-0.2, 0) is 4.74 Å². The van der Waals surface area contributed by atoms with Crippen molar-refractivity contribution in [1.82, 2.24) is 0 Å². The molecule has 1 aliphatic rings. The summed E-state index contributed by atoms with van der Waals surface area (Å²) in [6, 6.07) is 10.3. The highest BCUT2D eigenvalue weighted by Gasteiger charge is 2.38. The van der Waals surface area contributed by atoms with E-state index in [1.807, 2.05) is 30.4 Å². The average Bonchev–Trinajstić information content (AvgIpc) is 2.50. The number of hydrogen-bond donors (Lipinski definition) is 1. The second-order valence-corrected chi connectivity index (χ2v) is 5.87. The fourth-order valence-electron chi connectivity index (χ4n) is 2.57. The smallest absolute Gasteiger partial charge is 0.116 e. The molecule has 3 heteroatoms. The van der Waals surface area contributed by atoms with Crippen molar-refractivity contribution in [1.29, 1.82) is 0 Å². The molecule has 1 aromatic rings. The molecule has 0 amide bonds. The van der Waals surface area contributed by atoms with Gasteiger partial charge >= 0.3 is 0 Å². The first-order valence-electron chi connectivity index (χ1n) is 6.99. The SMILES string of the molecule is CC1C(c2ccccc2)=CC=CC1(CO)OCCCBr. The topological polar surface area (TPSA) is 29.5 Å². The van der Waals surface area contributed by atoms with Crippen molar-refractivity contribution < 1.29 is 9.84 Å². The summed E-state index contributed by atoms with van der Waals surface area (Å²) in [7, 11) is 0. The van der Waals surface area contributed by atoms with E-state index < -0.39 is 5.60 Å². The molecule has 1 N–H and O–H groups in total. The molecule has 0 heterocycles. The second kappa shape index (κ2) is 7.21. The number of alkyl halides is 1. The maximum atomic E-state index is 9.86. The highest BCUT2D eigenvalue weighted by molar-refractivity contribution is 9.09. The zero-order chi connectivity index (χ0) is 14.4. The van der Waals surface area contributed by atoms with Gasteiger partial charge in [0, 0.05) is 17.9 Å². The largest absolute Gasteiger partial charge is 0.393 e. The van der Waals surface area contributed by atoms with Gasteiger partial charge < -0.3 is 9.84 Å². The summed E-state index contributed by atoms with van der Waals surface area (Å²) < 4.78 is 6.02. The van der Waals surface area contributed by atoms with Crippen molar-refractivity contribution in [3.63, 3.8) is 0 Å². The van der Waals surface area contributed by atoms with E-state index in [-0.39, 0.29) is 12.5 Å². The molecule has 0 saturated heterocycles. The van der Waals surface area contributed by atoms with Crippen molar-refractivity contribution in [2.45, 2.75) is 18.9 Å². The van der Waals surface area contributed by atoms with Crippen LogP contribution in [0.3, 0.4) is 0 Å². The van der Waals surface area contributed by atoms with Crippen molar-refractivity contribution in [3.8, 4) is 0 Å². The first-order valence-corrected chi connectivity index (χ1v) is 8.11. The summed E-state index contributed by atoms with van der Waals surface area (Å²) in [6.07, 6.45) is 7.03. The summed E-state index contributed by atoms with van der Waals surface area (Å²) in [5.74, 6) is 0.121. The highest BCUT2D eigenvalue weighted by atomic mass is 79.9. The number of allylic oxidation sites excluding steroid dienone is 2. The molecule has 2 atom stereocenters. The minimum atomic E-state index is -0.609. The third kappa shape index (κ3) is 3.22. The monoisotopic (exact) mass is 336 g/mol. The number of rotatable bonds is 6. The van der Waals surface area contributed by atoms with Gasteiger partial charge in [-0.05, 0) is 23.6 Å². The first kappa shape index (κ1) is 15.5. The third-order valence-electron chi connectivity index (χ3n) is 3.86. The molecule has 2 rings (SSSR count). The fraction of sp³-hybridized carbons (Fsp3) is 0.412. The van der Waals surface area contributed by atoms with Gasteiger partial charge in [0.15, 0.2) is 0 Å². The third-order valence-corrected chi connectivity index (χ3v) is 4.42. The van der Waals surface area contributed by atoms with Crippen LogP contribution < -0.4 is 0 Å². The van der Waals surface area contributed by atoms with Crippen LogP contribution in [0.4, 0.5) is 0 Å². The first-order chi connectivity index (χ1) is 9.73. The Morgan fingerprint density at radius 3 is 2.70 bits per heavy atom. The minimum Gasteiger partial charge on any atom is -0.393 e. The van der Waals surface area contributed by atoms with Gasteiger partial charge in [0.2, 0.25) is 0 Å². The Morgan fingerprint density at radius 2 is 2.05 bits per heavy atom. The van der Waals surface area contributed by atoms with Crippen LogP contribution in [0.5, 0.6) is 0 Å². The molecule has 1 aliphatic carbocycles. The van der Waals surface area contributed by atoms with E-state index in [1.54, 1.807) is 0 Å². The summed E-state index contributed by atoms with van der Waals surface area (Å²) in [4.78, 5) is 0. The van der Waals surface area contributed by atoms with Gasteiger partial charge in [-0.25, -0.2) is 0 Å². The molecule has 0 aliphatic heterocycles. The second-order valence-electron chi connectivity index (χ2n) is 5.07. The molecule has 2 unspecified atom stereocenters. The maximum absolute atomic E-state index is 9.86. The van der Waals surface area contributed by atoms with Gasteiger partial charge in [-0.2, -0.15) is 0 Å². The predicted octanol–water partition coefficient (Wildman–Crippen LogP) is 3.81. The van der Waals surface area contributed by atoms with E-state index in [0.29, 0.717) is 6.61 Å². The lowest BCUT2D eigenvalue weighted by Crippen LogP contribution is -2.43. The van der Waals surface area contributed by atoms with Crippen LogP contribution in [-0.4, -0.2) is 29.3 Å². The minimum absolute atomic E-state index is 0.00285. The highest BCUT2D eigenvalue weighted by Crippen LogP contribution is 2.38. The molecule has 0 spiro atoms. The summed E-state index contributed by atoms with van der Waals surface area (Å²) >= 11 is 3.41. The molecule has 0 bridgehead atoms. The lowest BCUT2D eigenvalue weighted by molar-refractivity contribution is -0.0653. The summed E-state index contributed by atoms with van der Waals surface area (Å²) in [5, 5.41) is 10.8. The van der Waals surface area contributed by atoms with Crippen LogP contribution in [0.15, 0.2) is 48.6 Å². The zero-order valence-corrected chi connectivity index (χ0v) is 13.3. The Labute approximate surface area is 129 Å². The maximum Gasteiger partial charge on any atom is 0.116 e. The normalized spacial score (nSPS) is 25.6. The number of benzene rings is 1. The Balaban J connectivity index is 2.22. The fourth-order valence-corrected chi connectivity index (χ4v) is 2.80. The van der Waals surface area contributed by atoms with Crippen LogP contribution in [0.2, 0.25) is 0 Å². The lowest BCUT2D eigenvalue weighted by Gasteiger charge is -2.38. The number of ether oxygens (including phenoxy) is 1. The van der Waals surface area contributed by atoms with Crippen molar-refractivity contribution >= 4 is 21.5 Å². The number of aliphatic hydroxyl groups excluding tert-OH is 1. The van der Waals surface area contributed by atoms with Crippen LogP contribution in [0.25, 0.3) is 5.57 Å². The Kier molecular flexibility index (Phi) is 5.58. The average molecular weight is 337 g/mol. The molecule has 0 radical (unpaired) electrons. The van der Waals surface area contributed by atoms with E-state index >= 15 is 0 Å². The van der Waals surface area contributed by atoms with Gasteiger partial charge in [-0.15, -0.1) is 0 Å². The standard InChI is InChI=1S/C17H21BrO2/c1-14-16(15-7-3-2-4-8-15)9-5-10-17(14,13-19)20-12-6-11-18/h2-5,7-10,14,19H,6,11-13H2,1H3. The lowest BCUT2D eigenvalue weighted by atomic mass is 9.77. The predicted molar refractivity (Wildman–Crippen MR) is 86.9 cm³/mol. The Bertz CT molecular complexity index is 481. The molecular formula is C17H21BrO2. The molecule has 2 nitrogen and oxygen atoms in total. The molecule has 20 heavy (non-hydrogen) atoms. The molecule has 108 valence electrons. The van der Waals surface area contributed by atoms with Crippen molar-refractivity contribution in [3.05, 3.63) is 54.1 Å². The van der Waals surface area contributed by atoms with E-state index in [4.69, 9.17) is 4.74 Å². The van der Waals surface area contributed by atoms with Gasteiger partial charge in [-0.3, -0.25) is 0 Å². The quantitative estimate of drug-likeness (QED) is 0.632. The van der Waals surface area contributed by atoms with Gasteiger partial charge in [0.1, 0.15) is 5.60 Å². The van der Waals surface area contributed by atoms with Crippen molar-refractivity contribution in [2.24, 2.45) is 5.92 Å². The van der Waals surface area contributed by atoms with Gasteiger partial charge in [0.05, 0.1) is 6.61 Å². The molecule has 0 aromatic heterocycles. The van der Waals surface area contributed by atoms with Gasteiger partial charge in [-0.1, -0.05) is 65.3 Å². The molecule has 0 saturated carbocycles. The van der Waals surface area contributed by atoms with E-state index in [1.165, 1.54) is 11.1 Å². The van der Waals surface area contributed by atoms with Crippen molar-refractivity contribution in [2.75, 3.05) is 18.5 Å². The Morgan fingerprint density at radius 1 is 1.30 bits per heavy atom. The number of aliphatic hydroxyl groups is 1. The van der Waals surface area contributed by atoms with E-state index in [9.17, 15) is 5.11 Å². The molecular weight excluding hydrogens is 316 g/mol. The van der Waals surface area contributed by atoms with Crippen LogP contribution in [0.1, 0.15) is 18.9 Å².